The zero-order valence-corrected chi connectivity index (χ0v) is 26.7. The van der Waals surface area contributed by atoms with Gasteiger partial charge in [-0.1, -0.05) is 18.2 Å². The van der Waals surface area contributed by atoms with Gasteiger partial charge in [0.2, 0.25) is 21.7 Å². The number of nitrogens with zero attached hydrogens (tertiary/aromatic N) is 5. The van der Waals surface area contributed by atoms with Gasteiger partial charge in [-0.3, -0.25) is 9.20 Å². The third-order valence-electron chi connectivity index (χ3n) is 9.26. The summed E-state index contributed by atoms with van der Waals surface area (Å²) < 4.78 is 69.9. The first-order valence-electron chi connectivity index (χ1n) is 14.9. The van der Waals surface area contributed by atoms with E-state index in [-0.39, 0.29) is 29.5 Å². The standard InChI is InChI=1S/C32H35F2N5O6S/c1-19-7-8-21(25(31(3,4)30(40)41)23-9-13-39-27(20(23)2)36-37-28(39)26(33)34)16-22(19)17-38-18-32(10-14-44-15-11-32)45-29-24(46(38,42)43)6-5-12-35-29/h5-9,12-13,16,25-26H,10-11,14-15,17-18H2,1-4H3,(H,40,41)/t25-/m0/s1. The van der Waals surface area contributed by atoms with Gasteiger partial charge in [-0.15, -0.1) is 10.2 Å². The molecule has 1 spiro atoms. The lowest BCUT2D eigenvalue weighted by molar-refractivity contribution is -0.147. The summed E-state index contributed by atoms with van der Waals surface area (Å²) in [6.07, 6.45) is 1.07. The molecule has 1 saturated heterocycles. The molecule has 46 heavy (non-hydrogen) atoms. The van der Waals surface area contributed by atoms with E-state index in [0.29, 0.717) is 48.3 Å². The molecule has 14 heteroatoms. The maximum Gasteiger partial charge on any atom is 0.310 e. The molecule has 2 aliphatic heterocycles. The highest BCUT2D eigenvalue weighted by atomic mass is 32.2. The smallest absolute Gasteiger partial charge is 0.310 e. The molecule has 0 amide bonds. The van der Waals surface area contributed by atoms with Gasteiger partial charge in [0.25, 0.3) is 6.43 Å². The molecule has 0 unspecified atom stereocenters. The Kier molecular flexibility index (Phi) is 8.10. The van der Waals surface area contributed by atoms with Crippen molar-refractivity contribution in [1.82, 2.24) is 23.9 Å². The van der Waals surface area contributed by atoms with Crippen LogP contribution in [0.15, 0.2) is 53.7 Å². The molecule has 1 aromatic carbocycles. The molecule has 3 aromatic heterocycles. The number of hydrogen-bond acceptors (Lipinski definition) is 8. The molecule has 244 valence electrons. The minimum atomic E-state index is -4.04. The van der Waals surface area contributed by atoms with Gasteiger partial charge < -0.3 is 14.6 Å². The highest BCUT2D eigenvalue weighted by Gasteiger charge is 2.46. The van der Waals surface area contributed by atoms with Crippen molar-refractivity contribution < 1.29 is 36.6 Å². The van der Waals surface area contributed by atoms with Gasteiger partial charge in [0.05, 0.1) is 25.2 Å². The van der Waals surface area contributed by atoms with Gasteiger partial charge in [-0.05, 0) is 73.7 Å². The van der Waals surface area contributed by atoms with Crippen molar-refractivity contribution in [3.05, 3.63) is 82.4 Å². The van der Waals surface area contributed by atoms with E-state index >= 15 is 0 Å². The Morgan fingerprint density at radius 3 is 2.57 bits per heavy atom. The van der Waals surface area contributed by atoms with E-state index in [0.717, 1.165) is 5.56 Å². The van der Waals surface area contributed by atoms with E-state index in [4.69, 9.17) is 9.47 Å². The van der Waals surface area contributed by atoms with Gasteiger partial charge in [0.15, 0.2) is 5.65 Å². The van der Waals surface area contributed by atoms with Crippen molar-refractivity contribution in [3.8, 4) is 5.88 Å². The predicted octanol–water partition coefficient (Wildman–Crippen LogP) is 5.05. The lowest BCUT2D eigenvalue weighted by atomic mass is 9.70. The summed E-state index contributed by atoms with van der Waals surface area (Å²) in [5.74, 6) is -2.25. The molecular formula is C32H35F2N5O6S. The highest BCUT2D eigenvalue weighted by molar-refractivity contribution is 7.89. The number of pyridine rings is 2. The lowest BCUT2D eigenvalue weighted by Crippen LogP contribution is -2.50. The monoisotopic (exact) mass is 655 g/mol. The molecule has 11 nitrogen and oxygen atoms in total. The number of carboxylic acids is 1. The fourth-order valence-electron chi connectivity index (χ4n) is 6.49. The summed E-state index contributed by atoms with van der Waals surface area (Å²) in [6, 6.07) is 10.2. The van der Waals surface area contributed by atoms with Crippen molar-refractivity contribution in [1.29, 1.82) is 0 Å². The number of aliphatic carboxylic acids is 1. The largest absolute Gasteiger partial charge is 0.481 e. The molecule has 0 saturated carbocycles. The molecule has 1 atom stereocenters. The maximum atomic E-state index is 14.1. The van der Waals surface area contributed by atoms with Crippen LogP contribution in [0.2, 0.25) is 0 Å². The van der Waals surface area contributed by atoms with E-state index in [1.54, 1.807) is 32.9 Å². The molecule has 2 aliphatic rings. The lowest BCUT2D eigenvalue weighted by Gasteiger charge is -2.38. The first kappa shape index (κ1) is 32.0. The number of ether oxygens (including phenoxy) is 2. The molecular weight excluding hydrogens is 620 g/mol. The van der Waals surface area contributed by atoms with Gasteiger partial charge in [0, 0.05) is 37.7 Å². The zero-order chi connectivity index (χ0) is 33.0. The van der Waals surface area contributed by atoms with Crippen LogP contribution in [0.25, 0.3) is 5.65 Å². The second-order valence-corrected chi connectivity index (χ2v) is 14.5. The quantitative estimate of drug-likeness (QED) is 0.290. The Hall–Kier alpha value is -4.01. The fraction of sp³-hybridized carbons (Fsp3) is 0.438. The second kappa shape index (κ2) is 11.7. The number of fused-ring (bicyclic) bond motifs is 2. The average molecular weight is 656 g/mol. The molecule has 0 aliphatic carbocycles. The van der Waals surface area contributed by atoms with Gasteiger partial charge in [-0.2, -0.15) is 4.31 Å². The van der Waals surface area contributed by atoms with Gasteiger partial charge >= 0.3 is 5.97 Å². The van der Waals surface area contributed by atoms with Crippen LogP contribution in [0.5, 0.6) is 5.88 Å². The van der Waals surface area contributed by atoms with Crippen LogP contribution in [-0.2, 0) is 26.1 Å². The molecule has 0 bridgehead atoms. The van der Waals surface area contributed by atoms with Crippen molar-refractivity contribution >= 4 is 21.6 Å². The zero-order valence-electron chi connectivity index (χ0n) is 25.9. The number of rotatable bonds is 7. The minimum absolute atomic E-state index is 0.00245. The van der Waals surface area contributed by atoms with Crippen molar-refractivity contribution in [3.63, 3.8) is 0 Å². The number of aryl methyl sites for hydroxylation is 2. The summed E-state index contributed by atoms with van der Waals surface area (Å²) in [6.45, 7) is 7.71. The van der Waals surface area contributed by atoms with Crippen LogP contribution in [0.1, 0.15) is 72.7 Å². The van der Waals surface area contributed by atoms with Crippen LogP contribution in [-0.4, -0.2) is 68.7 Å². The molecule has 5 heterocycles. The van der Waals surface area contributed by atoms with Crippen molar-refractivity contribution in [2.45, 2.75) is 69.9 Å². The average Bonchev–Trinajstić information content (AvgIpc) is 3.42. The number of carbonyl (C=O) groups is 1. The first-order chi connectivity index (χ1) is 21.7. The maximum absolute atomic E-state index is 14.1. The Bertz CT molecular complexity index is 1920. The number of hydrogen-bond donors (Lipinski definition) is 1. The number of carboxylic acid groups (broad SMARTS) is 1. The van der Waals surface area contributed by atoms with E-state index < -0.39 is 45.2 Å². The molecule has 1 N–H and O–H groups in total. The predicted molar refractivity (Wildman–Crippen MR) is 162 cm³/mol. The SMILES string of the molecule is Cc1ccc([C@@H](c2ccn3c(C(F)F)nnc3c2C)C(C)(C)C(=O)O)cc1CN1CC2(CCOCC2)Oc2ncccc2S1(=O)=O. The number of sulfonamides is 1. The van der Waals surface area contributed by atoms with Crippen LogP contribution >= 0.6 is 0 Å². The first-order valence-corrected chi connectivity index (χ1v) is 16.4. The van der Waals surface area contributed by atoms with Gasteiger partial charge in [0.1, 0.15) is 10.5 Å². The molecule has 1 fully saturated rings. The Labute approximate surface area is 265 Å². The number of aromatic nitrogens is 4. The molecule has 0 radical (unpaired) electrons. The number of benzene rings is 1. The van der Waals surface area contributed by atoms with Crippen LogP contribution in [0.4, 0.5) is 8.78 Å². The Balaban J connectivity index is 1.46. The summed E-state index contributed by atoms with van der Waals surface area (Å²) >= 11 is 0. The van der Waals surface area contributed by atoms with Crippen LogP contribution in [0, 0.1) is 19.3 Å². The number of halogens is 2. The van der Waals surface area contributed by atoms with Crippen LogP contribution in [0.3, 0.4) is 0 Å². The molecule has 6 rings (SSSR count). The minimum Gasteiger partial charge on any atom is -0.481 e. The third-order valence-corrected chi connectivity index (χ3v) is 11.1. The third kappa shape index (κ3) is 5.41. The normalized spacial score (nSPS) is 18.7. The fourth-order valence-corrected chi connectivity index (χ4v) is 8.05. The van der Waals surface area contributed by atoms with Crippen molar-refractivity contribution in [2.24, 2.45) is 5.41 Å². The summed E-state index contributed by atoms with van der Waals surface area (Å²) in [5, 5.41) is 18.0. The van der Waals surface area contributed by atoms with Gasteiger partial charge in [-0.25, -0.2) is 22.2 Å². The topological polar surface area (TPSA) is 136 Å². The number of alkyl halides is 2. The van der Waals surface area contributed by atoms with E-state index in [1.807, 2.05) is 25.1 Å². The summed E-state index contributed by atoms with van der Waals surface area (Å²) in [5.41, 5.74) is 1.24. The second-order valence-electron chi connectivity index (χ2n) is 12.6. The van der Waals surface area contributed by atoms with Crippen LogP contribution < -0.4 is 4.74 Å². The highest BCUT2D eigenvalue weighted by Crippen LogP contribution is 2.44. The molecule has 4 aromatic rings. The van der Waals surface area contributed by atoms with E-state index in [2.05, 4.69) is 15.2 Å². The van der Waals surface area contributed by atoms with E-state index in [9.17, 15) is 27.1 Å². The Morgan fingerprint density at radius 2 is 1.87 bits per heavy atom. The van der Waals surface area contributed by atoms with E-state index in [1.165, 1.54) is 27.2 Å². The van der Waals surface area contributed by atoms with Crippen molar-refractivity contribution in [2.75, 3.05) is 19.8 Å². The summed E-state index contributed by atoms with van der Waals surface area (Å²) in [7, 11) is -4.04. The summed E-state index contributed by atoms with van der Waals surface area (Å²) in [4.78, 5) is 17.0. The Morgan fingerprint density at radius 1 is 1.13 bits per heavy atom.